The molecule has 5 heterocycles. The van der Waals surface area contributed by atoms with Crippen LogP contribution in [0.3, 0.4) is 0 Å². The van der Waals surface area contributed by atoms with Crippen LogP contribution in [0.25, 0.3) is 57.5 Å². The molecule has 1 aromatic carbocycles. The van der Waals surface area contributed by atoms with Crippen LogP contribution in [-0.4, -0.2) is 25.8 Å². The van der Waals surface area contributed by atoms with Crippen LogP contribution in [-0.2, 0) is 4.79 Å². The average Bonchev–Trinajstić information content (AvgIpc) is 3.59. The van der Waals surface area contributed by atoms with Crippen molar-refractivity contribution in [1.82, 2.24) is 19.9 Å². The minimum absolute atomic E-state index is 0.108. The molecule has 0 unspecified atom stereocenters. The van der Waals surface area contributed by atoms with Gasteiger partial charge in [-0.3, -0.25) is 4.79 Å². The summed E-state index contributed by atoms with van der Waals surface area (Å²) < 4.78 is 0. The lowest BCUT2D eigenvalue weighted by molar-refractivity contribution is -0.114. The highest BCUT2D eigenvalue weighted by Crippen LogP contribution is 2.33. The minimum atomic E-state index is -0.108. The van der Waals surface area contributed by atoms with Crippen LogP contribution in [0.4, 0.5) is 5.69 Å². The van der Waals surface area contributed by atoms with Gasteiger partial charge in [0.1, 0.15) is 0 Å². The fraction of sp³-hybridized carbons (Fsp3) is 0.0357. The number of carbonyl (C=O) groups excluding carboxylic acids is 1. The Labute approximate surface area is 195 Å². The summed E-state index contributed by atoms with van der Waals surface area (Å²) in [6, 6.07) is 22.1. The van der Waals surface area contributed by atoms with Gasteiger partial charge in [-0.2, -0.15) is 0 Å². The van der Waals surface area contributed by atoms with E-state index in [-0.39, 0.29) is 5.91 Å². The molecule has 1 amide bonds. The Morgan fingerprint density at radius 2 is 1.32 bits per heavy atom. The number of rotatable bonds is 2. The van der Waals surface area contributed by atoms with Crippen molar-refractivity contribution in [3.05, 3.63) is 89.5 Å². The molecule has 0 spiro atoms. The lowest BCUT2D eigenvalue weighted by atomic mass is 10.0. The van der Waals surface area contributed by atoms with Crippen molar-refractivity contribution in [3.63, 3.8) is 0 Å². The van der Waals surface area contributed by atoms with E-state index >= 15 is 0 Å². The van der Waals surface area contributed by atoms with Crippen molar-refractivity contribution in [3.8, 4) is 11.1 Å². The van der Waals surface area contributed by atoms with E-state index in [1.807, 2.05) is 78.9 Å². The molecule has 3 aromatic heterocycles. The lowest BCUT2D eigenvalue weighted by Gasteiger charge is -2.08. The number of anilines is 1. The monoisotopic (exact) mass is 443 g/mol. The van der Waals surface area contributed by atoms with Crippen LogP contribution in [0.2, 0.25) is 0 Å². The molecular weight excluding hydrogens is 422 g/mol. The SMILES string of the molecule is CC(=O)Nc1ccccc1-c1cc2cc3ccc(cc4nc(cc5nc(cc1[nH]2)C=C5)C=C4)[nH]3. The third kappa shape index (κ3) is 3.93. The van der Waals surface area contributed by atoms with Crippen LogP contribution < -0.4 is 5.32 Å². The van der Waals surface area contributed by atoms with Crippen molar-refractivity contribution >= 4 is 58.0 Å². The lowest BCUT2D eigenvalue weighted by Crippen LogP contribution is -2.06. The fourth-order valence-corrected chi connectivity index (χ4v) is 4.26. The average molecular weight is 444 g/mol. The summed E-state index contributed by atoms with van der Waals surface area (Å²) in [5.74, 6) is -0.108. The van der Waals surface area contributed by atoms with Crippen LogP contribution >= 0.6 is 0 Å². The van der Waals surface area contributed by atoms with Crippen molar-refractivity contribution in [2.75, 3.05) is 5.32 Å². The molecule has 0 atom stereocenters. The molecule has 6 nitrogen and oxygen atoms in total. The number of aromatic nitrogens is 4. The molecule has 2 aliphatic heterocycles. The third-order valence-corrected chi connectivity index (χ3v) is 5.70. The topological polar surface area (TPSA) is 86.5 Å². The van der Waals surface area contributed by atoms with E-state index in [2.05, 4.69) is 32.4 Å². The molecule has 6 heteroatoms. The first kappa shape index (κ1) is 19.9. The maximum Gasteiger partial charge on any atom is 0.221 e. The number of nitrogens with one attached hydrogen (secondary N) is 3. The highest BCUT2D eigenvalue weighted by atomic mass is 16.1. The highest BCUT2D eigenvalue weighted by Gasteiger charge is 2.11. The minimum Gasteiger partial charge on any atom is -0.355 e. The second kappa shape index (κ2) is 8.01. The Morgan fingerprint density at radius 3 is 2.06 bits per heavy atom. The van der Waals surface area contributed by atoms with Gasteiger partial charge in [0.2, 0.25) is 5.91 Å². The summed E-state index contributed by atoms with van der Waals surface area (Å²) in [7, 11) is 0. The first-order valence-corrected chi connectivity index (χ1v) is 11.0. The van der Waals surface area contributed by atoms with E-state index in [1.54, 1.807) is 0 Å². The normalized spacial score (nSPS) is 12.1. The molecule has 6 rings (SSSR count). The third-order valence-electron chi connectivity index (χ3n) is 5.70. The standard InChI is InChI=1S/C28H21N5O/c1-17(34)29-27-5-3-2-4-25(27)26-15-24-14-22-9-8-20(31-22)12-18-6-7-19(30-18)13-21-10-11-23(32-21)16-28(26)33-24/h2-16,31,33H,1H3,(H,29,34). The van der Waals surface area contributed by atoms with Gasteiger partial charge in [-0.15, -0.1) is 0 Å². The Bertz CT molecular complexity index is 1670. The number of fused-ring (bicyclic) bond motifs is 8. The zero-order chi connectivity index (χ0) is 23.1. The van der Waals surface area contributed by atoms with E-state index in [9.17, 15) is 4.79 Å². The zero-order valence-electron chi connectivity index (χ0n) is 18.5. The Morgan fingerprint density at radius 1 is 0.676 bits per heavy atom. The van der Waals surface area contributed by atoms with Gasteiger partial charge < -0.3 is 15.3 Å². The largest absolute Gasteiger partial charge is 0.355 e. The Kier molecular flexibility index (Phi) is 4.70. The fourth-order valence-electron chi connectivity index (χ4n) is 4.26. The van der Waals surface area contributed by atoms with Crippen LogP contribution in [0.5, 0.6) is 0 Å². The first-order chi connectivity index (χ1) is 16.6. The summed E-state index contributed by atoms with van der Waals surface area (Å²) in [5.41, 5.74) is 9.93. The number of hydrogen-bond acceptors (Lipinski definition) is 3. The van der Waals surface area contributed by atoms with Gasteiger partial charge in [-0.05, 0) is 72.8 Å². The summed E-state index contributed by atoms with van der Waals surface area (Å²) in [4.78, 5) is 28.2. The number of nitrogens with zero attached hydrogens (tertiary/aromatic N) is 2. The maximum absolute atomic E-state index is 11.8. The second-order valence-electron chi connectivity index (χ2n) is 8.31. The van der Waals surface area contributed by atoms with Crippen LogP contribution in [0.1, 0.15) is 29.7 Å². The predicted molar refractivity (Wildman–Crippen MR) is 139 cm³/mol. The Hall–Kier alpha value is -4.71. The first-order valence-electron chi connectivity index (χ1n) is 11.0. The van der Waals surface area contributed by atoms with Crippen LogP contribution in [0.15, 0.2) is 66.7 Å². The number of carbonyl (C=O) groups is 1. The van der Waals surface area contributed by atoms with Gasteiger partial charge in [0.15, 0.2) is 0 Å². The highest BCUT2D eigenvalue weighted by molar-refractivity contribution is 5.98. The quantitative estimate of drug-likeness (QED) is 0.294. The molecule has 2 aliphatic rings. The number of H-pyrrole nitrogens is 2. The molecule has 0 fully saturated rings. The molecule has 0 saturated heterocycles. The van der Waals surface area contributed by atoms with E-state index in [1.165, 1.54) is 6.92 Å². The van der Waals surface area contributed by atoms with E-state index in [4.69, 9.17) is 4.98 Å². The summed E-state index contributed by atoms with van der Waals surface area (Å²) in [6.45, 7) is 1.52. The second-order valence-corrected chi connectivity index (χ2v) is 8.31. The summed E-state index contributed by atoms with van der Waals surface area (Å²) >= 11 is 0. The molecule has 8 bridgehead atoms. The summed E-state index contributed by atoms with van der Waals surface area (Å²) in [5, 5.41) is 2.95. The van der Waals surface area contributed by atoms with E-state index in [0.29, 0.717) is 0 Å². The summed E-state index contributed by atoms with van der Waals surface area (Å²) in [6.07, 6.45) is 7.97. The van der Waals surface area contributed by atoms with Gasteiger partial charge >= 0.3 is 0 Å². The van der Waals surface area contributed by atoms with Crippen molar-refractivity contribution in [2.45, 2.75) is 6.92 Å². The number of amides is 1. The van der Waals surface area contributed by atoms with Crippen molar-refractivity contribution in [1.29, 1.82) is 0 Å². The molecule has 164 valence electrons. The molecule has 0 radical (unpaired) electrons. The number of benzene rings is 1. The van der Waals surface area contributed by atoms with E-state index in [0.717, 1.165) is 61.7 Å². The van der Waals surface area contributed by atoms with Crippen molar-refractivity contribution in [2.24, 2.45) is 0 Å². The number of hydrogen-bond donors (Lipinski definition) is 3. The van der Waals surface area contributed by atoms with Gasteiger partial charge in [0, 0.05) is 45.8 Å². The van der Waals surface area contributed by atoms with Crippen LogP contribution in [0, 0.1) is 0 Å². The van der Waals surface area contributed by atoms with E-state index < -0.39 is 0 Å². The van der Waals surface area contributed by atoms with Crippen molar-refractivity contribution < 1.29 is 4.79 Å². The molecule has 0 aliphatic carbocycles. The molecule has 0 saturated carbocycles. The number of aromatic amines is 2. The number of para-hydroxylation sites is 1. The van der Waals surface area contributed by atoms with Gasteiger partial charge in [0.25, 0.3) is 0 Å². The molecule has 3 N–H and O–H groups in total. The molecular formula is C28H21N5O. The maximum atomic E-state index is 11.8. The zero-order valence-corrected chi connectivity index (χ0v) is 18.5. The smallest absolute Gasteiger partial charge is 0.221 e. The van der Waals surface area contributed by atoms with Gasteiger partial charge in [-0.1, -0.05) is 18.2 Å². The molecule has 34 heavy (non-hydrogen) atoms. The Balaban J connectivity index is 1.65. The molecule has 4 aromatic rings. The van der Waals surface area contributed by atoms with Gasteiger partial charge in [0.05, 0.1) is 22.8 Å². The predicted octanol–water partition coefficient (Wildman–Crippen LogP) is 6.28. The van der Waals surface area contributed by atoms with Gasteiger partial charge in [-0.25, -0.2) is 9.97 Å².